The normalized spacial score (nSPS) is 10.0. The third-order valence-corrected chi connectivity index (χ3v) is 2.25. The fourth-order valence-electron chi connectivity index (χ4n) is 0.955. The van der Waals surface area contributed by atoms with Gasteiger partial charge in [0, 0.05) is 0 Å². The van der Waals surface area contributed by atoms with Crippen molar-refractivity contribution in [1.82, 2.24) is 0 Å². The molecule has 0 aliphatic rings. The molecule has 0 aromatic carbocycles. The summed E-state index contributed by atoms with van der Waals surface area (Å²) in [5, 5.41) is 0. The second-order valence-corrected chi connectivity index (χ2v) is 3.54. The van der Waals surface area contributed by atoms with Gasteiger partial charge in [-0.25, -0.2) is 0 Å². The summed E-state index contributed by atoms with van der Waals surface area (Å²) in [5.74, 6) is 0. The predicted octanol–water partition coefficient (Wildman–Crippen LogP) is 2.83. The Morgan fingerprint density at radius 2 is 1.60 bits per heavy atom. The molecular weight excluding hydrogens is 256 g/mol. The first kappa shape index (κ1) is 11.3. The maximum absolute atomic E-state index is 5.09. The van der Waals surface area contributed by atoms with Crippen LogP contribution in [0.2, 0.25) is 0 Å². The second kappa shape index (κ2) is 10.3. The van der Waals surface area contributed by atoms with E-state index in [4.69, 9.17) is 1.06 Å². The average Bonchev–Trinajstić information content (AvgIpc) is 1.97. The van der Waals surface area contributed by atoms with Crippen molar-refractivity contribution in [3.05, 3.63) is 0 Å². The van der Waals surface area contributed by atoms with E-state index in [1.807, 2.05) is 0 Å². The van der Waals surface area contributed by atoms with Crippen molar-refractivity contribution in [2.45, 2.75) is 45.4 Å². The monoisotopic (exact) mass is 271 g/mol. The van der Waals surface area contributed by atoms with Crippen molar-refractivity contribution < 1.29 is 40.4 Å². The summed E-state index contributed by atoms with van der Waals surface area (Å²) >= 11 is 0.909. The Morgan fingerprint density at radius 1 is 1.00 bits per heavy atom. The van der Waals surface area contributed by atoms with Gasteiger partial charge in [-0.3, -0.25) is 0 Å². The molecule has 0 aliphatic carbocycles. The summed E-state index contributed by atoms with van der Waals surface area (Å²) in [4.78, 5) is 0. The molecule has 0 saturated carbocycles. The molecule has 59 valence electrons. The minimum atomic E-state index is 0.909. The van der Waals surface area contributed by atoms with E-state index >= 15 is 0 Å². The predicted molar refractivity (Wildman–Crippen MR) is 39.3 cm³/mol. The SMILES string of the molecule is CCCCCCCC[O][Nd]. The van der Waals surface area contributed by atoms with E-state index < -0.39 is 0 Å². The van der Waals surface area contributed by atoms with Crippen LogP contribution in [0, 0.1) is 39.4 Å². The van der Waals surface area contributed by atoms with Crippen LogP contribution in [0.15, 0.2) is 0 Å². The van der Waals surface area contributed by atoms with Gasteiger partial charge in [-0.15, -0.1) is 0 Å². The maximum atomic E-state index is 5.09. The van der Waals surface area contributed by atoms with E-state index in [2.05, 4.69) is 6.92 Å². The quantitative estimate of drug-likeness (QED) is 0.648. The van der Waals surface area contributed by atoms with Crippen LogP contribution in [0.5, 0.6) is 0 Å². The van der Waals surface area contributed by atoms with E-state index in [0.29, 0.717) is 0 Å². The summed E-state index contributed by atoms with van der Waals surface area (Å²) in [6, 6.07) is 0. The van der Waals surface area contributed by atoms with Gasteiger partial charge < -0.3 is 0 Å². The van der Waals surface area contributed by atoms with Crippen LogP contribution >= 0.6 is 0 Å². The molecule has 0 radical (unpaired) electrons. The van der Waals surface area contributed by atoms with Crippen molar-refractivity contribution >= 4 is 0 Å². The fraction of sp³-hybridized carbons (Fsp3) is 1.00. The van der Waals surface area contributed by atoms with Gasteiger partial charge in [-0.1, -0.05) is 0 Å². The van der Waals surface area contributed by atoms with Crippen molar-refractivity contribution in [2.24, 2.45) is 0 Å². The molecule has 0 aliphatic heterocycles. The first-order chi connectivity index (χ1) is 4.91. The summed E-state index contributed by atoms with van der Waals surface area (Å²) < 4.78 is 5.09. The van der Waals surface area contributed by atoms with Gasteiger partial charge in [0.1, 0.15) is 0 Å². The Kier molecular flexibility index (Phi) is 11.7. The molecular formula is C8H17NdO. The summed E-state index contributed by atoms with van der Waals surface area (Å²) in [7, 11) is 0. The van der Waals surface area contributed by atoms with Gasteiger partial charge in [-0.05, 0) is 0 Å². The minimum absolute atomic E-state index is 0.909. The van der Waals surface area contributed by atoms with E-state index in [-0.39, 0.29) is 0 Å². The van der Waals surface area contributed by atoms with Crippen LogP contribution in [0.3, 0.4) is 0 Å². The zero-order valence-electron chi connectivity index (χ0n) is 6.86. The van der Waals surface area contributed by atoms with E-state index in [0.717, 1.165) is 46.0 Å². The number of rotatable bonds is 7. The topological polar surface area (TPSA) is 9.23 Å². The van der Waals surface area contributed by atoms with Gasteiger partial charge in [0.2, 0.25) is 0 Å². The standard InChI is InChI=1S/C8H17O.Nd/c1-2-3-4-5-6-7-8-9;/h2-8H2,1H3;/q-1;+1. The van der Waals surface area contributed by atoms with Gasteiger partial charge in [0.15, 0.2) is 0 Å². The number of unbranched alkanes of at least 4 members (excludes halogenated alkanes) is 5. The van der Waals surface area contributed by atoms with Crippen LogP contribution in [0.4, 0.5) is 0 Å². The number of hydrogen-bond acceptors (Lipinski definition) is 1. The van der Waals surface area contributed by atoms with Gasteiger partial charge in [0.25, 0.3) is 0 Å². The molecule has 0 fully saturated rings. The van der Waals surface area contributed by atoms with Crippen LogP contribution < -0.4 is 0 Å². The first-order valence-electron chi connectivity index (χ1n) is 4.20. The van der Waals surface area contributed by atoms with Crippen LogP contribution in [0.1, 0.15) is 45.4 Å². The van der Waals surface area contributed by atoms with Crippen molar-refractivity contribution in [2.75, 3.05) is 6.61 Å². The molecule has 10 heavy (non-hydrogen) atoms. The number of hydrogen-bond donors (Lipinski definition) is 0. The summed E-state index contributed by atoms with van der Waals surface area (Å²) in [5.41, 5.74) is 0. The molecule has 0 aromatic heterocycles. The van der Waals surface area contributed by atoms with Crippen LogP contribution in [-0.4, -0.2) is 6.61 Å². The van der Waals surface area contributed by atoms with Gasteiger partial charge in [-0.2, -0.15) is 0 Å². The fourth-order valence-corrected chi connectivity index (χ4v) is 1.42. The zero-order chi connectivity index (χ0) is 7.66. The molecule has 0 N–H and O–H groups in total. The Balaban J connectivity index is 2.65. The molecule has 0 bridgehead atoms. The van der Waals surface area contributed by atoms with Crippen LogP contribution in [0.25, 0.3) is 0 Å². The Bertz CT molecular complexity index is 49.2. The Hall–Kier alpha value is 1.31. The third-order valence-electron chi connectivity index (χ3n) is 1.60. The Labute approximate surface area is 91.6 Å². The Morgan fingerprint density at radius 3 is 2.20 bits per heavy atom. The molecule has 0 amide bonds. The molecule has 0 rings (SSSR count). The second-order valence-electron chi connectivity index (χ2n) is 2.62. The van der Waals surface area contributed by atoms with Crippen molar-refractivity contribution in [3.8, 4) is 0 Å². The zero-order valence-corrected chi connectivity index (χ0v) is 10.1. The van der Waals surface area contributed by atoms with Crippen molar-refractivity contribution in [1.29, 1.82) is 0 Å². The van der Waals surface area contributed by atoms with Gasteiger partial charge >= 0.3 is 92.5 Å². The molecule has 0 saturated heterocycles. The molecule has 1 nitrogen and oxygen atoms in total. The average molecular weight is 273 g/mol. The third kappa shape index (κ3) is 9.31. The summed E-state index contributed by atoms with van der Waals surface area (Å²) in [6.07, 6.45) is 8.20. The summed E-state index contributed by atoms with van der Waals surface area (Å²) in [6.45, 7) is 3.25. The van der Waals surface area contributed by atoms with Gasteiger partial charge in [0.05, 0.1) is 0 Å². The first-order valence-corrected chi connectivity index (χ1v) is 5.51. The van der Waals surface area contributed by atoms with E-state index in [9.17, 15) is 0 Å². The molecule has 2 heteroatoms. The molecule has 0 spiro atoms. The van der Waals surface area contributed by atoms with Crippen LogP contribution in [-0.2, 0) is 1.06 Å². The molecule has 0 heterocycles. The van der Waals surface area contributed by atoms with E-state index in [1.54, 1.807) is 0 Å². The molecule has 0 aromatic rings. The van der Waals surface area contributed by atoms with E-state index in [1.165, 1.54) is 38.5 Å². The molecule has 0 atom stereocenters. The molecule has 0 unspecified atom stereocenters. The van der Waals surface area contributed by atoms with Crippen molar-refractivity contribution in [3.63, 3.8) is 0 Å².